The third-order valence-electron chi connectivity index (χ3n) is 2.90. The van der Waals surface area contributed by atoms with Gasteiger partial charge in [-0.2, -0.15) is 0 Å². The Bertz CT molecular complexity index is 512. The van der Waals surface area contributed by atoms with Crippen molar-refractivity contribution in [3.63, 3.8) is 0 Å². The largest absolute Gasteiger partial charge is 0.316 e. The van der Waals surface area contributed by atoms with Crippen LogP contribution >= 0.6 is 38.9 Å². The predicted molar refractivity (Wildman–Crippen MR) is 83.7 cm³/mol. The summed E-state index contributed by atoms with van der Waals surface area (Å²) in [5.74, 6) is 0. The molecule has 1 unspecified atom stereocenters. The van der Waals surface area contributed by atoms with Gasteiger partial charge in [-0.1, -0.05) is 23.7 Å². The number of hydrogen-bond acceptors (Lipinski definition) is 2. The molecular weight excluding hydrogens is 330 g/mol. The van der Waals surface area contributed by atoms with E-state index in [0.717, 1.165) is 17.9 Å². The standard InChI is InChI=1S/C14H15BrClNS/c1-17-12(9-14-13(15)5-6-18-14)8-10-3-2-4-11(16)7-10/h2-7,12,17H,8-9H2,1H3. The molecule has 0 aliphatic rings. The lowest BCUT2D eigenvalue weighted by Gasteiger charge is -2.16. The Hall–Kier alpha value is -0.350. The number of halogens is 2. The van der Waals surface area contributed by atoms with E-state index in [1.54, 1.807) is 11.3 Å². The fourth-order valence-corrected chi connectivity index (χ4v) is 3.73. The fourth-order valence-electron chi connectivity index (χ4n) is 1.92. The van der Waals surface area contributed by atoms with Crippen LogP contribution < -0.4 is 5.32 Å². The van der Waals surface area contributed by atoms with Crippen molar-refractivity contribution in [3.05, 3.63) is 55.6 Å². The Kier molecular flexibility index (Phi) is 5.25. The van der Waals surface area contributed by atoms with Crippen molar-refractivity contribution in [3.8, 4) is 0 Å². The van der Waals surface area contributed by atoms with E-state index < -0.39 is 0 Å². The van der Waals surface area contributed by atoms with Gasteiger partial charge in [-0.3, -0.25) is 0 Å². The second-order valence-corrected chi connectivity index (χ2v) is 6.51. The van der Waals surface area contributed by atoms with Crippen LogP contribution in [0.2, 0.25) is 5.02 Å². The van der Waals surface area contributed by atoms with Crippen molar-refractivity contribution in [1.29, 1.82) is 0 Å². The van der Waals surface area contributed by atoms with E-state index in [4.69, 9.17) is 11.6 Å². The molecule has 0 amide bonds. The zero-order valence-electron chi connectivity index (χ0n) is 10.1. The molecule has 18 heavy (non-hydrogen) atoms. The third kappa shape index (κ3) is 3.82. The van der Waals surface area contributed by atoms with Crippen LogP contribution in [-0.2, 0) is 12.8 Å². The minimum Gasteiger partial charge on any atom is -0.316 e. The van der Waals surface area contributed by atoms with Gasteiger partial charge in [0.05, 0.1) is 0 Å². The van der Waals surface area contributed by atoms with Gasteiger partial charge in [0, 0.05) is 20.4 Å². The van der Waals surface area contributed by atoms with Crippen molar-refractivity contribution < 1.29 is 0 Å². The van der Waals surface area contributed by atoms with Gasteiger partial charge in [0.2, 0.25) is 0 Å². The van der Waals surface area contributed by atoms with Crippen LogP contribution in [0.4, 0.5) is 0 Å². The van der Waals surface area contributed by atoms with Crippen LogP contribution in [0, 0.1) is 0 Å². The van der Waals surface area contributed by atoms with Gasteiger partial charge < -0.3 is 5.32 Å². The van der Waals surface area contributed by atoms with E-state index in [1.807, 2.05) is 25.2 Å². The maximum Gasteiger partial charge on any atom is 0.0408 e. The highest BCUT2D eigenvalue weighted by molar-refractivity contribution is 9.10. The van der Waals surface area contributed by atoms with Crippen molar-refractivity contribution in [2.24, 2.45) is 0 Å². The average Bonchev–Trinajstić information content (AvgIpc) is 2.74. The Labute approximate surface area is 125 Å². The summed E-state index contributed by atoms with van der Waals surface area (Å²) in [6.45, 7) is 0. The minimum absolute atomic E-state index is 0.429. The zero-order valence-corrected chi connectivity index (χ0v) is 13.3. The molecule has 0 spiro atoms. The van der Waals surface area contributed by atoms with Gasteiger partial charge in [0.15, 0.2) is 0 Å². The summed E-state index contributed by atoms with van der Waals surface area (Å²) in [5.41, 5.74) is 1.27. The van der Waals surface area contributed by atoms with E-state index in [9.17, 15) is 0 Å². The fraction of sp³-hybridized carbons (Fsp3) is 0.286. The molecule has 0 saturated carbocycles. The van der Waals surface area contributed by atoms with Crippen LogP contribution in [0.3, 0.4) is 0 Å². The highest BCUT2D eigenvalue weighted by Gasteiger charge is 2.11. The number of rotatable bonds is 5. The van der Waals surface area contributed by atoms with Crippen LogP contribution in [0.15, 0.2) is 40.2 Å². The summed E-state index contributed by atoms with van der Waals surface area (Å²) in [6.07, 6.45) is 2.02. The summed E-state index contributed by atoms with van der Waals surface area (Å²) in [7, 11) is 2.01. The molecule has 0 radical (unpaired) electrons. The van der Waals surface area contributed by atoms with E-state index >= 15 is 0 Å². The lowest BCUT2D eigenvalue weighted by Crippen LogP contribution is -2.29. The third-order valence-corrected chi connectivity index (χ3v) is 5.09. The van der Waals surface area contributed by atoms with Gasteiger partial charge in [0.1, 0.15) is 0 Å². The quantitative estimate of drug-likeness (QED) is 0.840. The first-order valence-electron chi connectivity index (χ1n) is 5.82. The molecule has 1 N–H and O–H groups in total. The first kappa shape index (κ1) is 14.1. The molecule has 4 heteroatoms. The Morgan fingerprint density at radius 1 is 1.33 bits per heavy atom. The van der Waals surface area contributed by atoms with Crippen molar-refractivity contribution in [1.82, 2.24) is 5.32 Å². The molecule has 0 saturated heterocycles. The lowest BCUT2D eigenvalue weighted by atomic mass is 10.0. The Balaban J connectivity index is 2.04. The number of hydrogen-bond donors (Lipinski definition) is 1. The normalized spacial score (nSPS) is 12.6. The summed E-state index contributed by atoms with van der Waals surface area (Å²) < 4.78 is 1.21. The number of benzene rings is 1. The van der Waals surface area contributed by atoms with E-state index in [1.165, 1.54) is 14.9 Å². The van der Waals surface area contributed by atoms with Gasteiger partial charge in [-0.25, -0.2) is 0 Å². The highest BCUT2D eigenvalue weighted by atomic mass is 79.9. The van der Waals surface area contributed by atoms with Crippen molar-refractivity contribution in [2.45, 2.75) is 18.9 Å². The second-order valence-electron chi connectivity index (χ2n) is 4.22. The number of thiophene rings is 1. The Morgan fingerprint density at radius 3 is 2.78 bits per heavy atom. The van der Waals surface area contributed by atoms with Gasteiger partial charge in [-0.05, 0) is 65.0 Å². The molecule has 1 aromatic heterocycles. The first-order valence-corrected chi connectivity index (χ1v) is 7.87. The van der Waals surface area contributed by atoms with Gasteiger partial charge in [-0.15, -0.1) is 11.3 Å². The maximum atomic E-state index is 6.01. The molecule has 0 fully saturated rings. The van der Waals surface area contributed by atoms with Crippen molar-refractivity contribution in [2.75, 3.05) is 7.05 Å². The molecule has 1 aromatic carbocycles. The molecule has 2 rings (SSSR count). The van der Waals surface area contributed by atoms with Crippen LogP contribution in [0.1, 0.15) is 10.4 Å². The second kappa shape index (κ2) is 6.71. The topological polar surface area (TPSA) is 12.0 Å². The predicted octanol–water partition coefficient (Wildman–Crippen LogP) is 4.54. The SMILES string of the molecule is CNC(Cc1cccc(Cl)c1)Cc1sccc1Br. The molecule has 0 bridgehead atoms. The van der Waals surface area contributed by atoms with Gasteiger partial charge in [0.25, 0.3) is 0 Å². The average molecular weight is 345 g/mol. The monoisotopic (exact) mass is 343 g/mol. The Morgan fingerprint density at radius 2 is 2.17 bits per heavy atom. The lowest BCUT2D eigenvalue weighted by molar-refractivity contribution is 0.559. The van der Waals surface area contributed by atoms with Crippen molar-refractivity contribution >= 4 is 38.9 Å². The van der Waals surface area contributed by atoms with E-state index in [-0.39, 0.29) is 0 Å². The summed E-state index contributed by atoms with van der Waals surface area (Å²) >= 11 is 11.4. The highest BCUT2D eigenvalue weighted by Crippen LogP contribution is 2.24. The minimum atomic E-state index is 0.429. The van der Waals surface area contributed by atoms with Crippen LogP contribution in [0.5, 0.6) is 0 Å². The first-order chi connectivity index (χ1) is 8.69. The zero-order chi connectivity index (χ0) is 13.0. The summed E-state index contributed by atoms with van der Waals surface area (Å²) in [4.78, 5) is 1.39. The van der Waals surface area contributed by atoms with Gasteiger partial charge >= 0.3 is 0 Å². The molecule has 96 valence electrons. The van der Waals surface area contributed by atoms with Crippen LogP contribution in [0.25, 0.3) is 0 Å². The molecule has 1 nitrogen and oxygen atoms in total. The molecule has 1 atom stereocenters. The van der Waals surface area contributed by atoms with E-state index in [0.29, 0.717) is 6.04 Å². The van der Waals surface area contributed by atoms with E-state index in [2.05, 4.69) is 38.8 Å². The summed E-state index contributed by atoms with van der Waals surface area (Å²) in [6, 6.07) is 10.6. The molecular formula is C14H15BrClNS. The molecule has 0 aliphatic carbocycles. The summed E-state index contributed by atoms with van der Waals surface area (Å²) in [5, 5.41) is 6.30. The molecule has 1 heterocycles. The maximum absolute atomic E-state index is 6.01. The number of nitrogens with one attached hydrogen (secondary N) is 1. The molecule has 2 aromatic rings. The smallest absolute Gasteiger partial charge is 0.0408 e. The molecule has 0 aliphatic heterocycles. The number of likely N-dealkylation sites (N-methyl/N-ethyl adjacent to an activating group) is 1. The van der Waals surface area contributed by atoms with Crippen LogP contribution in [-0.4, -0.2) is 13.1 Å².